The number of nitrogens with one attached hydrogen (secondary N) is 1. The standard InChI is InChI=1S/C19H33N5O3/c1-21(13-17(25)20-16-5-6-16)18(26)14-22-9-11-23(12-10-22)15-19(27)24-7-3-2-4-8-24/h16H,2-15H2,1H3,(H,20,25). The van der Waals surface area contributed by atoms with E-state index >= 15 is 0 Å². The van der Waals surface area contributed by atoms with Gasteiger partial charge in [-0.3, -0.25) is 24.2 Å². The lowest BCUT2D eigenvalue weighted by atomic mass is 10.1. The molecule has 0 aromatic carbocycles. The molecule has 0 bridgehead atoms. The van der Waals surface area contributed by atoms with Crippen molar-refractivity contribution in [2.24, 2.45) is 0 Å². The molecule has 3 rings (SSSR count). The third-order valence-electron chi connectivity index (χ3n) is 5.64. The van der Waals surface area contributed by atoms with Gasteiger partial charge in [0.15, 0.2) is 0 Å². The SMILES string of the molecule is CN(CC(=O)NC1CC1)C(=O)CN1CCN(CC(=O)N2CCCCC2)CC1. The molecule has 1 N–H and O–H groups in total. The van der Waals surface area contributed by atoms with E-state index in [2.05, 4.69) is 15.1 Å². The average Bonchev–Trinajstić information content (AvgIpc) is 3.47. The summed E-state index contributed by atoms with van der Waals surface area (Å²) in [5.41, 5.74) is 0. The summed E-state index contributed by atoms with van der Waals surface area (Å²) in [6.07, 6.45) is 5.57. The Morgan fingerprint density at radius 3 is 2.07 bits per heavy atom. The summed E-state index contributed by atoms with van der Waals surface area (Å²) in [7, 11) is 1.68. The van der Waals surface area contributed by atoms with Gasteiger partial charge in [0.2, 0.25) is 17.7 Å². The molecule has 2 heterocycles. The van der Waals surface area contributed by atoms with Crippen molar-refractivity contribution in [3.63, 3.8) is 0 Å². The monoisotopic (exact) mass is 379 g/mol. The summed E-state index contributed by atoms with van der Waals surface area (Å²) in [5, 5.41) is 2.91. The second-order valence-electron chi connectivity index (χ2n) is 8.09. The van der Waals surface area contributed by atoms with Crippen LogP contribution in [-0.2, 0) is 14.4 Å². The Morgan fingerprint density at radius 1 is 0.889 bits per heavy atom. The first kappa shape index (κ1) is 20.1. The van der Waals surface area contributed by atoms with Crippen LogP contribution in [0.2, 0.25) is 0 Å². The molecule has 2 saturated heterocycles. The Bertz CT molecular complexity index is 537. The topological polar surface area (TPSA) is 76.2 Å². The number of nitrogens with zero attached hydrogens (tertiary/aromatic N) is 4. The molecule has 8 nitrogen and oxygen atoms in total. The van der Waals surface area contributed by atoms with Crippen molar-refractivity contribution in [2.45, 2.75) is 38.1 Å². The number of hydrogen-bond acceptors (Lipinski definition) is 5. The van der Waals surface area contributed by atoms with E-state index in [-0.39, 0.29) is 24.3 Å². The summed E-state index contributed by atoms with van der Waals surface area (Å²) < 4.78 is 0. The zero-order valence-corrected chi connectivity index (χ0v) is 16.5. The number of hydrogen-bond donors (Lipinski definition) is 1. The Balaban J connectivity index is 1.32. The first-order chi connectivity index (χ1) is 13.0. The highest BCUT2D eigenvalue weighted by molar-refractivity contribution is 5.85. The molecule has 3 fully saturated rings. The van der Waals surface area contributed by atoms with Crippen LogP contribution in [0.1, 0.15) is 32.1 Å². The second kappa shape index (κ2) is 9.50. The lowest BCUT2D eigenvalue weighted by Gasteiger charge is -2.36. The minimum Gasteiger partial charge on any atom is -0.352 e. The van der Waals surface area contributed by atoms with Crippen LogP contribution < -0.4 is 5.32 Å². The van der Waals surface area contributed by atoms with Crippen LogP contribution in [-0.4, -0.2) is 109 Å². The predicted molar refractivity (Wildman–Crippen MR) is 102 cm³/mol. The van der Waals surface area contributed by atoms with Crippen LogP contribution >= 0.6 is 0 Å². The van der Waals surface area contributed by atoms with Gasteiger partial charge in [-0.25, -0.2) is 0 Å². The van der Waals surface area contributed by atoms with Crippen molar-refractivity contribution in [1.29, 1.82) is 0 Å². The lowest BCUT2D eigenvalue weighted by molar-refractivity contribution is -0.136. The number of piperazine rings is 1. The third kappa shape index (κ3) is 6.46. The fourth-order valence-corrected chi connectivity index (χ4v) is 3.66. The Morgan fingerprint density at radius 2 is 1.48 bits per heavy atom. The summed E-state index contributed by atoms with van der Waals surface area (Å²) in [6.45, 7) is 5.91. The molecule has 27 heavy (non-hydrogen) atoms. The van der Waals surface area contributed by atoms with Crippen molar-refractivity contribution < 1.29 is 14.4 Å². The van der Waals surface area contributed by atoms with E-state index in [9.17, 15) is 14.4 Å². The smallest absolute Gasteiger partial charge is 0.239 e. The number of carbonyl (C=O) groups excluding carboxylic acids is 3. The number of rotatable bonds is 7. The van der Waals surface area contributed by atoms with Gasteiger partial charge in [-0.05, 0) is 32.1 Å². The molecule has 2 aliphatic heterocycles. The number of likely N-dealkylation sites (tertiary alicyclic amines) is 1. The molecule has 0 aromatic rings. The number of carbonyl (C=O) groups is 3. The van der Waals surface area contributed by atoms with Crippen molar-refractivity contribution in [1.82, 2.24) is 24.9 Å². The maximum absolute atomic E-state index is 12.4. The van der Waals surface area contributed by atoms with Gasteiger partial charge < -0.3 is 15.1 Å². The predicted octanol–water partition coefficient (Wildman–Crippen LogP) is -0.646. The normalized spacial score (nSPS) is 21.7. The molecular formula is C19H33N5O3. The number of amides is 3. The zero-order chi connectivity index (χ0) is 19.2. The van der Waals surface area contributed by atoms with E-state index in [0.717, 1.165) is 65.0 Å². The summed E-state index contributed by atoms with van der Waals surface area (Å²) in [6, 6.07) is 0.321. The largest absolute Gasteiger partial charge is 0.352 e. The molecule has 0 spiro atoms. The van der Waals surface area contributed by atoms with Crippen LogP contribution in [0.15, 0.2) is 0 Å². The summed E-state index contributed by atoms with van der Waals surface area (Å²) in [4.78, 5) is 44.3. The van der Waals surface area contributed by atoms with Crippen molar-refractivity contribution in [3.8, 4) is 0 Å². The van der Waals surface area contributed by atoms with Crippen molar-refractivity contribution in [3.05, 3.63) is 0 Å². The lowest BCUT2D eigenvalue weighted by Crippen LogP contribution is -2.52. The summed E-state index contributed by atoms with van der Waals surface area (Å²) in [5.74, 6) is 0.133. The van der Waals surface area contributed by atoms with E-state index < -0.39 is 0 Å². The van der Waals surface area contributed by atoms with Gasteiger partial charge in [-0.1, -0.05) is 0 Å². The van der Waals surface area contributed by atoms with Crippen LogP contribution in [0.5, 0.6) is 0 Å². The molecule has 3 aliphatic rings. The van der Waals surface area contributed by atoms with Crippen molar-refractivity contribution >= 4 is 17.7 Å². The second-order valence-corrected chi connectivity index (χ2v) is 8.09. The molecule has 1 saturated carbocycles. The summed E-state index contributed by atoms with van der Waals surface area (Å²) >= 11 is 0. The van der Waals surface area contributed by atoms with Crippen LogP contribution in [0.25, 0.3) is 0 Å². The number of likely N-dealkylation sites (N-methyl/N-ethyl adjacent to an activating group) is 1. The van der Waals surface area contributed by atoms with E-state index in [1.807, 2.05) is 4.90 Å². The molecule has 0 radical (unpaired) electrons. The van der Waals surface area contributed by atoms with E-state index in [1.54, 1.807) is 7.05 Å². The molecule has 8 heteroatoms. The van der Waals surface area contributed by atoms with Crippen molar-refractivity contribution in [2.75, 3.05) is 66.0 Å². The fourth-order valence-electron chi connectivity index (χ4n) is 3.66. The van der Waals surface area contributed by atoms with Crippen LogP contribution in [0, 0.1) is 0 Å². The fraction of sp³-hybridized carbons (Fsp3) is 0.842. The highest BCUT2D eigenvalue weighted by Crippen LogP contribution is 2.18. The molecule has 3 amide bonds. The minimum atomic E-state index is -0.0746. The quantitative estimate of drug-likeness (QED) is 0.636. The third-order valence-corrected chi connectivity index (χ3v) is 5.64. The van der Waals surface area contributed by atoms with Gasteiger partial charge in [-0.15, -0.1) is 0 Å². The van der Waals surface area contributed by atoms with Gasteiger partial charge in [0, 0.05) is 52.4 Å². The van der Waals surface area contributed by atoms with E-state index in [1.165, 1.54) is 11.3 Å². The molecule has 1 aliphatic carbocycles. The molecule has 0 aromatic heterocycles. The molecule has 0 atom stereocenters. The Kier molecular flexibility index (Phi) is 7.07. The van der Waals surface area contributed by atoms with Gasteiger partial charge in [0.05, 0.1) is 19.6 Å². The maximum Gasteiger partial charge on any atom is 0.239 e. The van der Waals surface area contributed by atoms with Gasteiger partial charge in [-0.2, -0.15) is 0 Å². The average molecular weight is 380 g/mol. The Labute approximate surface area is 161 Å². The first-order valence-corrected chi connectivity index (χ1v) is 10.3. The first-order valence-electron chi connectivity index (χ1n) is 10.3. The minimum absolute atomic E-state index is 0.0289. The zero-order valence-electron chi connectivity index (χ0n) is 16.5. The van der Waals surface area contributed by atoms with Gasteiger partial charge in [0.1, 0.15) is 0 Å². The van der Waals surface area contributed by atoms with E-state index in [0.29, 0.717) is 19.1 Å². The van der Waals surface area contributed by atoms with Crippen LogP contribution in [0.4, 0.5) is 0 Å². The number of piperidine rings is 1. The molecule has 0 unspecified atom stereocenters. The van der Waals surface area contributed by atoms with Gasteiger partial charge in [0.25, 0.3) is 0 Å². The highest BCUT2D eigenvalue weighted by Gasteiger charge is 2.26. The van der Waals surface area contributed by atoms with Gasteiger partial charge >= 0.3 is 0 Å². The Hall–Kier alpha value is -1.67. The van der Waals surface area contributed by atoms with Crippen LogP contribution in [0.3, 0.4) is 0 Å². The molecular weight excluding hydrogens is 346 g/mol. The maximum atomic E-state index is 12.4. The van der Waals surface area contributed by atoms with E-state index in [4.69, 9.17) is 0 Å². The highest BCUT2D eigenvalue weighted by atomic mass is 16.2. The molecule has 152 valence electrons.